The van der Waals surface area contributed by atoms with Gasteiger partial charge in [0, 0.05) is 6.92 Å². The first-order valence-corrected chi connectivity index (χ1v) is 4.74. The third-order valence-electron chi connectivity index (χ3n) is 2.03. The van der Waals surface area contributed by atoms with Gasteiger partial charge in [0.1, 0.15) is 6.10 Å². The van der Waals surface area contributed by atoms with Gasteiger partial charge in [0.2, 0.25) is 0 Å². The van der Waals surface area contributed by atoms with Crippen LogP contribution in [0, 0.1) is 18.3 Å². The fourth-order valence-electron chi connectivity index (χ4n) is 1.29. The molecule has 1 atom stereocenters. The summed E-state index contributed by atoms with van der Waals surface area (Å²) in [6.45, 7) is 3.33. The topological polar surface area (TPSA) is 50.1 Å². The van der Waals surface area contributed by atoms with Gasteiger partial charge in [-0.3, -0.25) is 4.79 Å². The predicted octanol–water partition coefficient (Wildman–Crippen LogP) is 2.51. The quantitative estimate of drug-likeness (QED) is 0.709. The van der Waals surface area contributed by atoms with Crippen LogP contribution in [0.2, 0.25) is 0 Å². The number of rotatable bonds is 3. The van der Waals surface area contributed by atoms with Gasteiger partial charge in [0.15, 0.2) is 0 Å². The normalized spacial score (nSPS) is 11.5. The lowest BCUT2D eigenvalue weighted by Gasteiger charge is -2.14. The predicted molar refractivity (Wildman–Crippen MR) is 55.9 cm³/mol. The number of hydrogen-bond acceptors (Lipinski definition) is 3. The van der Waals surface area contributed by atoms with Crippen molar-refractivity contribution in [3.05, 3.63) is 35.4 Å². The van der Waals surface area contributed by atoms with Crippen molar-refractivity contribution >= 4 is 5.97 Å². The van der Waals surface area contributed by atoms with E-state index >= 15 is 0 Å². The zero-order valence-corrected chi connectivity index (χ0v) is 8.86. The van der Waals surface area contributed by atoms with Gasteiger partial charge in [-0.1, -0.05) is 29.8 Å². The molecule has 3 heteroatoms. The Balaban J connectivity index is 2.84. The monoisotopic (exact) mass is 203 g/mol. The first-order valence-electron chi connectivity index (χ1n) is 4.74. The minimum atomic E-state index is -0.451. The van der Waals surface area contributed by atoms with Crippen LogP contribution in [0.3, 0.4) is 0 Å². The highest BCUT2D eigenvalue weighted by Gasteiger charge is 2.13. The fraction of sp³-hybridized carbons (Fsp3) is 0.333. The van der Waals surface area contributed by atoms with Crippen LogP contribution in [0.25, 0.3) is 0 Å². The molecule has 0 saturated heterocycles. The smallest absolute Gasteiger partial charge is 0.303 e. The van der Waals surface area contributed by atoms with Gasteiger partial charge in [0.05, 0.1) is 12.5 Å². The number of nitrogens with zero attached hydrogens (tertiary/aromatic N) is 1. The van der Waals surface area contributed by atoms with Crippen LogP contribution in [0.4, 0.5) is 0 Å². The summed E-state index contributed by atoms with van der Waals surface area (Å²) >= 11 is 0. The molecule has 1 aromatic carbocycles. The number of aryl methyl sites for hydroxylation is 1. The number of nitriles is 1. The molecule has 0 N–H and O–H groups in total. The summed E-state index contributed by atoms with van der Waals surface area (Å²) in [5.74, 6) is -0.365. The van der Waals surface area contributed by atoms with E-state index in [2.05, 4.69) is 0 Å². The molecule has 0 aliphatic heterocycles. The third kappa shape index (κ3) is 3.43. The lowest BCUT2D eigenvalue weighted by atomic mass is 10.1. The van der Waals surface area contributed by atoms with Crippen molar-refractivity contribution in [2.45, 2.75) is 26.4 Å². The van der Waals surface area contributed by atoms with E-state index in [-0.39, 0.29) is 12.4 Å². The van der Waals surface area contributed by atoms with Crippen LogP contribution >= 0.6 is 0 Å². The van der Waals surface area contributed by atoms with E-state index in [4.69, 9.17) is 10.00 Å². The van der Waals surface area contributed by atoms with E-state index in [9.17, 15) is 4.79 Å². The third-order valence-corrected chi connectivity index (χ3v) is 2.03. The molecular weight excluding hydrogens is 190 g/mol. The second-order valence-electron chi connectivity index (χ2n) is 3.37. The van der Waals surface area contributed by atoms with Gasteiger partial charge in [0.25, 0.3) is 0 Å². The summed E-state index contributed by atoms with van der Waals surface area (Å²) in [5.41, 5.74) is 2.00. The Labute approximate surface area is 89.3 Å². The summed E-state index contributed by atoms with van der Waals surface area (Å²) < 4.78 is 5.06. The molecule has 0 aliphatic carbocycles. The van der Waals surface area contributed by atoms with Crippen LogP contribution in [-0.2, 0) is 9.53 Å². The van der Waals surface area contributed by atoms with Gasteiger partial charge < -0.3 is 4.74 Å². The van der Waals surface area contributed by atoms with Gasteiger partial charge >= 0.3 is 5.97 Å². The lowest BCUT2D eigenvalue weighted by molar-refractivity contribution is -0.146. The average Bonchev–Trinajstić information content (AvgIpc) is 2.17. The molecule has 0 unspecified atom stereocenters. The molecule has 0 aliphatic rings. The van der Waals surface area contributed by atoms with E-state index in [1.54, 1.807) is 0 Å². The zero-order chi connectivity index (χ0) is 11.3. The molecule has 3 nitrogen and oxygen atoms in total. The molecule has 1 aromatic rings. The van der Waals surface area contributed by atoms with Crippen LogP contribution in [-0.4, -0.2) is 5.97 Å². The van der Waals surface area contributed by atoms with E-state index in [1.807, 2.05) is 37.3 Å². The second kappa shape index (κ2) is 5.16. The Bertz CT molecular complexity index is 376. The minimum Gasteiger partial charge on any atom is -0.457 e. The standard InChI is InChI=1S/C12H13NO2/c1-9-3-5-11(6-4-9)12(7-8-13)15-10(2)14/h3-6,12H,7H2,1-2H3/t12-/m1/s1. The van der Waals surface area contributed by atoms with Gasteiger partial charge in [-0.25, -0.2) is 0 Å². The number of esters is 1. The van der Waals surface area contributed by atoms with Crippen molar-refractivity contribution in [3.63, 3.8) is 0 Å². The Morgan fingerprint density at radius 1 is 1.47 bits per heavy atom. The largest absolute Gasteiger partial charge is 0.457 e. The second-order valence-corrected chi connectivity index (χ2v) is 3.37. The van der Waals surface area contributed by atoms with Crippen molar-refractivity contribution in [3.8, 4) is 6.07 Å². The molecular formula is C12H13NO2. The van der Waals surface area contributed by atoms with Crippen molar-refractivity contribution in [1.29, 1.82) is 5.26 Å². The number of carbonyl (C=O) groups excluding carboxylic acids is 1. The molecule has 0 fully saturated rings. The highest BCUT2D eigenvalue weighted by Crippen LogP contribution is 2.21. The molecule has 78 valence electrons. The molecule has 0 heterocycles. The van der Waals surface area contributed by atoms with E-state index in [1.165, 1.54) is 6.92 Å². The maximum absolute atomic E-state index is 10.8. The van der Waals surface area contributed by atoms with Gasteiger partial charge in [-0.05, 0) is 12.5 Å². The van der Waals surface area contributed by atoms with Crippen molar-refractivity contribution in [2.75, 3.05) is 0 Å². The molecule has 0 amide bonds. The van der Waals surface area contributed by atoms with Crippen molar-refractivity contribution in [2.24, 2.45) is 0 Å². The van der Waals surface area contributed by atoms with Gasteiger partial charge in [-0.15, -0.1) is 0 Å². The summed E-state index contributed by atoms with van der Waals surface area (Å²) in [6, 6.07) is 9.63. The van der Waals surface area contributed by atoms with E-state index in [0.29, 0.717) is 0 Å². The summed E-state index contributed by atoms with van der Waals surface area (Å²) in [4.78, 5) is 10.8. The fourth-order valence-corrected chi connectivity index (χ4v) is 1.29. The highest BCUT2D eigenvalue weighted by atomic mass is 16.5. The number of ether oxygens (including phenoxy) is 1. The van der Waals surface area contributed by atoms with E-state index < -0.39 is 6.10 Å². The number of carbonyl (C=O) groups is 1. The molecule has 1 rings (SSSR count). The average molecular weight is 203 g/mol. The Morgan fingerprint density at radius 3 is 2.53 bits per heavy atom. The molecule has 0 aromatic heterocycles. The Kier molecular flexibility index (Phi) is 3.87. The Hall–Kier alpha value is -1.82. The first kappa shape index (κ1) is 11.3. The molecule has 0 radical (unpaired) electrons. The van der Waals surface area contributed by atoms with Crippen LogP contribution < -0.4 is 0 Å². The number of benzene rings is 1. The highest BCUT2D eigenvalue weighted by molar-refractivity contribution is 5.66. The maximum Gasteiger partial charge on any atom is 0.303 e. The summed E-state index contributed by atoms with van der Waals surface area (Å²) in [6.07, 6.45) is -0.268. The van der Waals surface area contributed by atoms with E-state index in [0.717, 1.165) is 11.1 Å². The maximum atomic E-state index is 10.8. The first-order chi connectivity index (χ1) is 7.13. The SMILES string of the molecule is CC(=O)O[C@H](CC#N)c1ccc(C)cc1. The van der Waals surface area contributed by atoms with Crippen LogP contribution in [0.15, 0.2) is 24.3 Å². The number of hydrogen-bond donors (Lipinski definition) is 0. The zero-order valence-electron chi connectivity index (χ0n) is 8.86. The van der Waals surface area contributed by atoms with Gasteiger partial charge in [-0.2, -0.15) is 5.26 Å². The lowest BCUT2D eigenvalue weighted by Crippen LogP contribution is -2.07. The van der Waals surface area contributed by atoms with Crippen molar-refractivity contribution < 1.29 is 9.53 Å². The molecule has 0 bridgehead atoms. The summed E-state index contributed by atoms with van der Waals surface area (Å²) in [5, 5.41) is 8.62. The van der Waals surface area contributed by atoms with Crippen molar-refractivity contribution in [1.82, 2.24) is 0 Å². The molecule has 15 heavy (non-hydrogen) atoms. The minimum absolute atomic E-state index is 0.183. The molecule has 0 saturated carbocycles. The van der Waals surface area contributed by atoms with Crippen LogP contribution in [0.1, 0.15) is 30.6 Å². The van der Waals surface area contributed by atoms with Crippen LogP contribution in [0.5, 0.6) is 0 Å². The summed E-state index contributed by atoms with van der Waals surface area (Å²) in [7, 11) is 0. The molecule has 0 spiro atoms. The Morgan fingerprint density at radius 2 is 2.07 bits per heavy atom.